The molecule has 3 N–H and O–H groups in total. The van der Waals surface area contributed by atoms with E-state index in [2.05, 4.69) is 16.5 Å². The van der Waals surface area contributed by atoms with Gasteiger partial charge >= 0.3 is 0 Å². The van der Waals surface area contributed by atoms with E-state index in [4.69, 9.17) is 17.3 Å². The summed E-state index contributed by atoms with van der Waals surface area (Å²) in [7, 11) is -3.58. The predicted molar refractivity (Wildman–Crippen MR) is 85.9 cm³/mol. The van der Waals surface area contributed by atoms with E-state index in [1.165, 1.54) is 31.0 Å². The monoisotopic (exact) mass is 331 g/mol. The summed E-state index contributed by atoms with van der Waals surface area (Å²) < 4.78 is 27.0. The first-order valence-corrected chi connectivity index (χ1v) is 9.01. The Kier molecular flexibility index (Phi) is 5.48. The molecular weight excluding hydrogens is 310 g/mol. The van der Waals surface area contributed by atoms with Crippen LogP contribution in [0.15, 0.2) is 23.1 Å². The first-order chi connectivity index (χ1) is 9.88. The molecule has 0 amide bonds. The molecule has 0 radical (unpaired) electrons. The Balaban J connectivity index is 1.89. The summed E-state index contributed by atoms with van der Waals surface area (Å²) in [5.74, 6) is 0.770. The maximum atomic E-state index is 12.2. The van der Waals surface area contributed by atoms with Crippen molar-refractivity contribution in [2.45, 2.75) is 24.7 Å². The molecule has 1 aromatic carbocycles. The van der Waals surface area contributed by atoms with Crippen LogP contribution in [0.4, 0.5) is 5.69 Å². The molecule has 0 atom stereocenters. The Hall–Kier alpha value is -0.820. The van der Waals surface area contributed by atoms with E-state index in [1.807, 2.05) is 0 Å². The van der Waals surface area contributed by atoms with Gasteiger partial charge in [0.05, 0.1) is 5.69 Å². The van der Waals surface area contributed by atoms with Crippen LogP contribution in [0.2, 0.25) is 5.02 Å². The van der Waals surface area contributed by atoms with Gasteiger partial charge in [-0.15, -0.1) is 0 Å². The molecule has 118 valence electrons. The molecule has 0 saturated carbocycles. The van der Waals surface area contributed by atoms with E-state index < -0.39 is 10.0 Å². The van der Waals surface area contributed by atoms with Gasteiger partial charge in [-0.3, -0.25) is 0 Å². The smallest absolute Gasteiger partial charge is 0.242 e. The molecule has 1 aliphatic heterocycles. The fourth-order valence-corrected chi connectivity index (χ4v) is 3.78. The molecule has 1 heterocycles. The van der Waals surface area contributed by atoms with Gasteiger partial charge in [-0.25, -0.2) is 13.1 Å². The summed E-state index contributed by atoms with van der Waals surface area (Å²) in [5, 5.41) is 0.425. The van der Waals surface area contributed by atoms with Gasteiger partial charge in [-0.2, -0.15) is 0 Å². The number of hydrogen-bond donors (Lipinski definition) is 2. The van der Waals surface area contributed by atoms with E-state index in [-0.39, 0.29) is 10.6 Å². The molecule has 0 unspecified atom stereocenters. The van der Waals surface area contributed by atoms with Crippen LogP contribution >= 0.6 is 11.6 Å². The largest absolute Gasteiger partial charge is 0.398 e. The minimum atomic E-state index is -3.58. The summed E-state index contributed by atoms with van der Waals surface area (Å²) in [5.41, 5.74) is 5.89. The summed E-state index contributed by atoms with van der Waals surface area (Å²) in [6.45, 7) is 5.43. The van der Waals surface area contributed by atoms with Crippen LogP contribution in [-0.4, -0.2) is 39.5 Å². The Morgan fingerprint density at radius 1 is 1.38 bits per heavy atom. The van der Waals surface area contributed by atoms with Crippen LogP contribution in [0.5, 0.6) is 0 Å². The second-order valence-corrected chi connectivity index (χ2v) is 7.78. The lowest BCUT2D eigenvalue weighted by Gasteiger charge is -2.30. The number of anilines is 1. The molecule has 1 aromatic rings. The van der Waals surface area contributed by atoms with Crippen LogP contribution in [0.25, 0.3) is 0 Å². The number of sulfonamides is 1. The molecule has 21 heavy (non-hydrogen) atoms. The van der Waals surface area contributed by atoms with Gasteiger partial charge in [0, 0.05) is 18.1 Å². The molecule has 1 saturated heterocycles. The number of nitrogens with two attached hydrogens (primary N) is 1. The zero-order valence-corrected chi connectivity index (χ0v) is 13.8. The third-order valence-corrected chi connectivity index (χ3v) is 5.63. The van der Waals surface area contributed by atoms with Gasteiger partial charge in [-0.05, 0) is 50.0 Å². The SMILES string of the molecule is CC1CCN(CCNS(=O)(=O)c2ccc(Cl)cc2N)CC1. The number of nitrogens with zero attached hydrogens (tertiary/aromatic N) is 1. The zero-order valence-electron chi connectivity index (χ0n) is 12.2. The highest BCUT2D eigenvalue weighted by Crippen LogP contribution is 2.22. The van der Waals surface area contributed by atoms with Crippen molar-refractivity contribution in [1.29, 1.82) is 0 Å². The van der Waals surface area contributed by atoms with Crippen LogP contribution < -0.4 is 10.5 Å². The van der Waals surface area contributed by atoms with Gasteiger partial charge in [0.25, 0.3) is 0 Å². The molecule has 5 nitrogen and oxygen atoms in total. The lowest BCUT2D eigenvalue weighted by Crippen LogP contribution is -2.39. The minimum Gasteiger partial charge on any atom is -0.398 e. The first kappa shape index (κ1) is 16.5. The lowest BCUT2D eigenvalue weighted by molar-refractivity contribution is 0.195. The van der Waals surface area contributed by atoms with E-state index >= 15 is 0 Å². The highest BCUT2D eigenvalue weighted by atomic mass is 35.5. The highest BCUT2D eigenvalue weighted by Gasteiger charge is 2.19. The van der Waals surface area contributed by atoms with Crippen molar-refractivity contribution < 1.29 is 8.42 Å². The Labute approximate surface area is 131 Å². The molecule has 2 rings (SSSR count). The fraction of sp³-hybridized carbons (Fsp3) is 0.571. The molecule has 0 spiro atoms. The first-order valence-electron chi connectivity index (χ1n) is 7.15. The molecule has 7 heteroatoms. The quantitative estimate of drug-likeness (QED) is 0.808. The van der Waals surface area contributed by atoms with Crippen molar-refractivity contribution in [3.63, 3.8) is 0 Å². The summed E-state index contributed by atoms with van der Waals surface area (Å²) >= 11 is 5.78. The van der Waals surface area contributed by atoms with Crippen molar-refractivity contribution in [3.8, 4) is 0 Å². The Morgan fingerprint density at radius 3 is 2.67 bits per heavy atom. The minimum absolute atomic E-state index is 0.0826. The van der Waals surface area contributed by atoms with Crippen molar-refractivity contribution in [3.05, 3.63) is 23.2 Å². The van der Waals surface area contributed by atoms with Crippen molar-refractivity contribution >= 4 is 27.3 Å². The summed E-state index contributed by atoms with van der Waals surface area (Å²) in [6, 6.07) is 4.41. The third-order valence-electron chi connectivity index (χ3n) is 3.86. The lowest BCUT2D eigenvalue weighted by atomic mass is 9.99. The number of benzene rings is 1. The number of halogens is 1. The van der Waals surface area contributed by atoms with Crippen molar-refractivity contribution in [1.82, 2.24) is 9.62 Å². The number of piperidine rings is 1. The highest BCUT2D eigenvalue weighted by molar-refractivity contribution is 7.89. The molecule has 1 aliphatic rings. The average molecular weight is 332 g/mol. The summed E-state index contributed by atoms with van der Waals surface area (Å²) in [6.07, 6.45) is 2.35. The van der Waals surface area contributed by atoms with E-state index in [1.54, 1.807) is 0 Å². The van der Waals surface area contributed by atoms with E-state index in [9.17, 15) is 8.42 Å². The summed E-state index contributed by atoms with van der Waals surface area (Å²) in [4.78, 5) is 2.37. The molecule has 0 aromatic heterocycles. The topological polar surface area (TPSA) is 75.4 Å². The van der Waals surface area contributed by atoms with Crippen molar-refractivity contribution in [2.24, 2.45) is 5.92 Å². The van der Waals surface area contributed by atoms with Gasteiger partial charge in [0.1, 0.15) is 4.90 Å². The maximum absolute atomic E-state index is 12.2. The predicted octanol–water partition coefficient (Wildman–Crippen LogP) is 1.93. The van der Waals surface area contributed by atoms with Crippen molar-refractivity contribution in [2.75, 3.05) is 31.9 Å². The number of nitrogens with one attached hydrogen (secondary N) is 1. The van der Waals surface area contributed by atoms with Gasteiger partial charge in [0.2, 0.25) is 10.0 Å². The van der Waals surface area contributed by atoms with Crippen LogP contribution in [0.1, 0.15) is 19.8 Å². The fourth-order valence-electron chi connectivity index (χ4n) is 2.47. The molecule has 0 bridgehead atoms. The second kappa shape index (κ2) is 6.96. The molecular formula is C14H22ClN3O2S. The van der Waals surface area contributed by atoms with Crippen LogP contribution in [-0.2, 0) is 10.0 Å². The van der Waals surface area contributed by atoms with E-state index in [0.29, 0.717) is 11.6 Å². The number of likely N-dealkylation sites (tertiary alicyclic amines) is 1. The van der Waals surface area contributed by atoms with Gasteiger partial charge in [0.15, 0.2) is 0 Å². The van der Waals surface area contributed by atoms with Gasteiger partial charge in [-0.1, -0.05) is 18.5 Å². The van der Waals surface area contributed by atoms with Gasteiger partial charge < -0.3 is 10.6 Å². The van der Waals surface area contributed by atoms with E-state index in [0.717, 1.165) is 25.6 Å². The molecule has 0 aliphatic carbocycles. The maximum Gasteiger partial charge on any atom is 0.242 e. The normalized spacial score (nSPS) is 18.0. The Morgan fingerprint density at radius 2 is 2.05 bits per heavy atom. The number of nitrogen functional groups attached to an aromatic ring is 1. The zero-order chi connectivity index (χ0) is 15.5. The number of rotatable bonds is 5. The van der Waals surface area contributed by atoms with Crippen LogP contribution in [0.3, 0.4) is 0 Å². The third kappa shape index (κ3) is 4.57. The number of hydrogen-bond acceptors (Lipinski definition) is 4. The molecule has 1 fully saturated rings. The second-order valence-electron chi connectivity index (χ2n) is 5.60. The standard InChI is InChI=1S/C14H22ClN3O2S/c1-11-4-7-18(8-5-11)9-6-17-21(19,20)14-3-2-12(15)10-13(14)16/h2-3,10-11,17H,4-9,16H2,1H3. The van der Waals surface area contributed by atoms with Crippen LogP contribution in [0, 0.1) is 5.92 Å². The average Bonchev–Trinajstić information content (AvgIpc) is 2.40. The Bertz CT molecular complexity index is 584.